The lowest BCUT2D eigenvalue weighted by Crippen LogP contribution is -2.46. The molecule has 28 heavy (non-hydrogen) atoms. The third-order valence-corrected chi connectivity index (χ3v) is 5.11. The molecule has 1 fully saturated rings. The van der Waals surface area contributed by atoms with Gasteiger partial charge in [0, 0.05) is 11.4 Å². The van der Waals surface area contributed by atoms with Crippen molar-refractivity contribution in [2.45, 2.75) is 5.50 Å². The van der Waals surface area contributed by atoms with Gasteiger partial charge >= 0.3 is 0 Å². The Morgan fingerprint density at radius 3 is 2.18 bits per heavy atom. The summed E-state index contributed by atoms with van der Waals surface area (Å²) < 4.78 is 3.32. The number of thiocarbonyl (C=S) groups is 1. The van der Waals surface area contributed by atoms with Gasteiger partial charge < -0.3 is 10.6 Å². The van der Waals surface area contributed by atoms with Gasteiger partial charge in [-0.2, -0.15) is 0 Å². The van der Waals surface area contributed by atoms with Crippen molar-refractivity contribution in [3.8, 4) is 0 Å². The van der Waals surface area contributed by atoms with Crippen LogP contribution < -0.4 is 20.3 Å². The van der Waals surface area contributed by atoms with Crippen molar-refractivity contribution in [1.82, 2.24) is 10.0 Å². The van der Waals surface area contributed by atoms with Crippen LogP contribution in [0.25, 0.3) is 0 Å². The van der Waals surface area contributed by atoms with Gasteiger partial charge in [0.15, 0.2) is 10.6 Å². The van der Waals surface area contributed by atoms with Crippen LogP contribution in [-0.4, -0.2) is 16.6 Å². The number of anilines is 2. The van der Waals surface area contributed by atoms with Crippen LogP contribution in [0.5, 0.6) is 0 Å². The Morgan fingerprint density at radius 2 is 1.50 bits per heavy atom. The minimum Gasteiger partial charge on any atom is -0.333 e. The number of hydrogen-bond donors (Lipinski definition) is 3. The zero-order chi connectivity index (χ0) is 19.2. The molecule has 0 unspecified atom stereocenters. The zero-order valence-electron chi connectivity index (χ0n) is 14.9. The molecule has 0 spiro atoms. The molecule has 5 nitrogen and oxygen atoms in total. The molecule has 1 aliphatic rings. The molecule has 4 rings (SSSR count). The van der Waals surface area contributed by atoms with E-state index in [4.69, 9.17) is 17.2 Å². The van der Waals surface area contributed by atoms with E-state index in [1.807, 2.05) is 78.9 Å². The first-order valence-corrected chi connectivity index (χ1v) is 10.1. The predicted molar refractivity (Wildman–Crippen MR) is 123 cm³/mol. The van der Waals surface area contributed by atoms with Crippen LogP contribution in [0.4, 0.5) is 17.1 Å². The molecular formula is C21H19N5S2. The van der Waals surface area contributed by atoms with Crippen LogP contribution in [0.2, 0.25) is 0 Å². The van der Waals surface area contributed by atoms with E-state index in [1.54, 1.807) is 0 Å². The first-order valence-electron chi connectivity index (χ1n) is 8.82. The molecule has 3 aromatic rings. The molecule has 0 aromatic heterocycles. The van der Waals surface area contributed by atoms with Crippen LogP contribution >= 0.6 is 24.2 Å². The fraction of sp³-hybridized carbons (Fsp3) is 0.0476. The summed E-state index contributed by atoms with van der Waals surface area (Å²) in [7, 11) is 0. The van der Waals surface area contributed by atoms with Crippen molar-refractivity contribution in [2.24, 2.45) is 4.99 Å². The van der Waals surface area contributed by atoms with Crippen molar-refractivity contribution in [2.75, 3.05) is 10.2 Å². The summed E-state index contributed by atoms with van der Waals surface area (Å²) in [5.74, 6) is 0.752. The maximum Gasteiger partial charge on any atom is 0.216 e. The standard InChI is InChI=1S/C21H19N5S2/c27-20(23-17-12-6-2-7-13-17)24-21-26(18-14-8-3-9-15-18)19(25-28-21)22-16-10-4-1-5-11-16/h1-15,21H,(H,22,25)(H2,23,24,27)/t21-/m1/s1. The Bertz CT molecular complexity index is 948. The average molecular weight is 406 g/mol. The normalized spacial score (nSPS) is 17.2. The van der Waals surface area contributed by atoms with Crippen molar-refractivity contribution < 1.29 is 0 Å². The number of guanidine groups is 1. The van der Waals surface area contributed by atoms with Crippen LogP contribution in [0.1, 0.15) is 0 Å². The van der Waals surface area contributed by atoms with Crippen LogP contribution in [0.3, 0.4) is 0 Å². The maximum atomic E-state index is 5.51. The quantitative estimate of drug-likeness (QED) is 0.432. The van der Waals surface area contributed by atoms with Crippen molar-refractivity contribution >= 4 is 52.3 Å². The molecule has 0 bridgehead atoms. The van der Waals surface area contributed by atoms with Crippen LogP contribution in [0, 0.1) is 0 Å². The fourth-order valence-electron chi connectivity index (χ4n) is 2.76. The van der Waals surface area contributed by atoms with E-state index in [9.17, 15) is 0 Å². The molecule has 1 saturated heterocycles. The summed E-state index contributed by atoms with van der Waals surface area (Å²) in [6.45, 7) is 0. The smallest absolute Gasteiger partial charge is 0.216 e. The van der Waals surface area contributed by atoms with E-state index >= 15 is 0 Å². The Kier molecular flexibility index (Phi) is 5.75. The van der Waals surface area contributed by atoms with Crippen molar-refractivity contribution in [3.05, 3.63) is 91.0 Å². The number of hydrogen-bond acceptors (Lipinski definition) is 3. The predicted octanol–water partition coefficient (Wildman–Crippen LogP) is 4.70. The summed E-state index contributed by atoms with van der Waals surface area (Å²) in [6.07, 6.45) is 0. The fourth-order valence-corrected chi connectivity index (χ4v) is 3.93. The molecule has 3 aromatic carbocycles. The largest absolute Gasteiger partial charge is 0.333 e. The molecule has 140 valence electrons. The third-order valence-electron chi connectivity index (χ3n) is 4.04. The molecule has 7 heteroatoms. The Morgan fingerprint density at radius 1 is 0.893 bits per heavy atom. The number of nitrogens with zero attached hydrogens (tertiary/aromatic N) is 2. The number of aliphatic imine (C=N–C) groups is 1. The van der Waals surface area contributed by atoms with Gasteiger partial charge in [-0.15, -0.1) is 0 Å². The Balaban J connectivity index is 1.56. The third kappa shape index (κ3) is 4.44. The van der Waals surface area contributed by atoms with E-state index in [-0.39, 0.29) is 5.50 Å². The van der Waals surface area contributed by atoms with Crippen LogP contribution in [-0.2, 0) is 0 Å². The maximum absolute atomic E-state index is 5.51. The Labute approximate surface area is 174 Å². The molecule has 3 N–H and O–H groups in total. The second-order valence-electron chi connectivity index (χ2n) is 6.01. The zero-order valence-corrected chi connectivity index (χ0v) is 16.6. The molecule has 1 aliphatic heterocycles. The van der Waals surface area contributed by atoms with E-state index in [1.165, 1.54) is 11.9 Å². The number of benzene rings is 3. The van der Waals surface area contributed by atoms with Crippen molar-refractivity contribution in [1.29, 1.82) is 0 Å². The molecule has 0 radical (unpaired) electrons. The van der Waals surface area contributed by atoms with Gasteiger partial charge in [-0.25, -0.2) is 4.99 Å². The average Bonchev–Trinajstić information content (AvgIpc) is 3.12. The van der Waals surface area contributed by atoms with E-state index in [0.29, 0.717) is 5.11 Å². The summed E-state index contributed by atoms with van der Waals surface area (Å²) in [5.41, 5.74) is 2.71. The lowest BCUT2D eigenvalue weighted by molar-refractivity contribution is 0.853. The molecule has 0 saturated carbocycles. The number of rotatable bonds is 4. The summed E-state index contributed by atoms with van der Waals surface area (Å²) >= 11 is 7.03. The first kappa shape index (κ1) is 18.3. The van der Waals surface area contributed by atoms with Gasteiger partial charge in [0.05, 0.1) is 5.69 Å². The Hall–Kier alpha value is -3.03. The molecule has 1 heterocycles. The second-order valence-corrected chi connectivity index (χ2v) is 7.31. The van der Waals surface area contributed by atoms with E-state index < -0.39 is 0 Å². The minimum atomic E-state index is -0.145. The molecular weight excluding hydrogens is 386 g/mol. The van der Waals surface area contributed by atoms with E-state index in [2.05, 4.69) is 32.4 Å². The highest BCUT2D eigenvalue weighted by Crippen LogP contribution is 2.28. The monoisotopic (exact) mass is 405 g/mol. The summed E-state index contributed by atoms with van der Waals surface area (Å²) in [6, 6.07) is 29.9. The van der Waals surface area contributed by atoms with Gasteiger partial charge in [-0.1, -0.05) is 54.6 Å². The summed E-state index contributed by atoms with van der Waals surface area (Å²) in [4.78, 5) is 6.86. The summed E-state index contributed by atoms with van der Waals surface area (Å²) in [5, 5.41) is 7.12. The highest BCUT2D eigenvalue weighted by atomic mass is 32.2. The topological polar surface area (TPSA) is 51.7 Å². The van der Waals surface area contributed by atoms with E-state index in [0.717, 1.165) is 23.0 Å². The number of para-hydroxylation sites is 3. The molecule has 0 amide bonds. The molecule has 1 atom stereocenters. The van der Waals surface area contributed by atoms with Gasteiger partial charge in [0.25, 0.3) is 0 Å². The number of nitrogens with one attached hydrogen (secondary N) is 3. The SMILES string of the molecule is S=C(Nc1ccccc1)N[C@H]1SNC(=Nc2ccccc2)N1c1ccccc1. The van der Waals surface area contributed by atoms with Gasteiger partial charge in [0.1, 0.15) is 0 Å². The van der Waals surface area contributed by atoms with Crippen molar-refractivity contribution in [3.63, 3.8) is 0 Å². The van der Waals surface area contributed by atoms with Gasteiger partial charge in [-0.05, 0) is 60.6 Å². The minimum absolute atomic E-state index is 0.145. The highest BCUT2D eigenvalue weighted by Gasteiger charge is 2.32. The second kappa shape index (κ2) is 8.77. The van der Waals surface area contributed by atoms with Gasteiger partial charge in [0.2, 0.25) is 5.96 Å². The molecule has 0 aliphatic carbocycles. The lowest BCUT2D eigenvalue weighted by Gasteiger charge is -2.26. The lowest BCUT2D eigenvalue weighted by atomic mass is 10.3. The van der Waals surface area contributed by atoms with Gasteiger partial charge in [-0.3, -0.25) is 9.62 Å². The van der Waals surface area contributed by atoms with Crippen LogP contribution in [0.15, 0.2) is 96.0 Å². The first-order chi connectivity index (χ1) is 13.8. The highest BCUT2D eigenvalue weighted by molar-refractivity contribution is 7.99.